The predicted octanol–water partition coefficient (Wildman–Crippen LogP) is 2.90. The van der Waals surface area contributed by atoms with Crippen molar-refractivity contribution in [2.75, 3.05) is 18.0 Å². The van der Waals surface area contributed by atoms with Gasteiger partial charge in [0.15, 0.2) is 0 Å². The first-order valence-corrected chi connectivity index (χ1v) is 6.82. The maximum atomic E-state index is 5.65. The van der Waals surface area contributed by atoms with E-state index in [0.717, 1.165) is 23.4 Å². The lowest BCUT2D eigenvalue weighted by Crippen LogP contribution is -2.34. The van der Waals surface area contributed by atoms with Gasteiger partial charge in [0.2, 0.25) is 0 Å². The molecular weight excluding hydrogens is 298 g/mol. The standard InChI is InChI=1S/C12H18BrN3S/c1-4-16(7-9(3)12(14)17)11-5-8(2)10(13)6-15-11/h5-6,9H,4,7H2,1-3H3,(H2,14,17). The molecular formula is C12H18BrN3S. The van der Waals surface area contributed by atoms with Crippen LogP contribution < -0.4 is 10.6 Å². The first-order valence-electron chi connectivity index (χ1n) is 5.62. The molecule has 1 atom stereocenters. The number of nitrogens with two attached hydrogens (primary N) is 1. The summed E-state index contributed by atoms with van der Waals surface area (Å²) in [5, 5.41) is 0. The van der Waals surface area contributed by atoms with Gasteiger partial charge in [0.1, 0.15) is 5.82 Å². The Morgan fingerprint density at radius 1 is 1.65 bits per heavy atom. The quantitative estimate of drug-likeness (QED) is 0.848. The molecule has 0 saturated carbocycles. The third-order valence-electron chi connectivity index (χ3n) is 2.72. The molecule has 5 heteroatoms. The molecule has 0 fully saturated rings. The summed E-state index contributed by atoms with van der Waals surface area (Å²) in [6.07, 6.45) is 1.83. The highest BCUT2D eigenvalue weighted by Crippen LogP contribution is 2.20. The van der Waals surface area contributed by atoms with Crippen LogP contribution in [0.3, 0.4) is 0 Å². The normalized spacial score (nSPS) is 12.2. The second-order valence-electron chi connectivity index (χ2n) is 4.13. The van der Waals surface area contributed by atoms with E-state index >= 15 is 0 Å². The predicted molar refractivity (Wildman–Crippen MR) is 80.5 cm³/mol. The van der Waals surface area contributed by atoms with Crippen LogP contribution in [0, 0.1) is 12.8 Å². The number of aromatic nitrogens is 1. The highest BCUT2D eigenvalue weighted by molar-refractivity contribution is 9.10. The minimum absolute atomic E-state index is 0.190. The molecule has 0 aliphatic heterocycles. The monoisotopic (exact) mass is 315 g/mol. The average Bonchev–Trinajstić information content (AvgIpc) is 2.29. The van der Waals surface area contributed by atoms with Crippen LogP contribution in [-0.2, 0) is 0 Å². The number of aryl methyl sites for hydroxylation is 1. The molecule has 0 amide bonds. The number of halogens is 1. The topological polar surface area (TPSA) is 42.1 Å². The van der Waals surface area contributed by atoms with Crippen molar-refractivity contribution in [2.45, 2.75) is 20.8 Å². The lowest BCUT2D eigenvalue weighted by Gasteiger charge is -2.25. The minimum atomic E-state index is 0.190. The summed E-state index contributed by atoms with van der Waals surface area (Å²) in [6, 6.07) is 2.07. The Balaban J connectivity index is 2.86. The maximum Gasteiger partial charge on any atom is 0.128 e. The number of hydrogen-bond acceptors (Lipinski definition) is 3. The lowest BCUT2D eigenvalue weighted by atomic mass is 10.1. The highest BCUT2D eigenvalue weighted by atomic mass is 79.9. The van der Waals surface area contributed by atoms with E-state index in [2.05, 4.69) is 45.7 Å². The summed E-state index contributed by atoms with van der Waals surface area (Å²) in [4.78, 5) is 7.15. The molecule has 3 nitrogen and oxygen atoms in total. The first kappa shape index (κ1) is 14.4. The van der Waals surface area contributed by atoms with Crippen molar-refractivity contribution in [1.82, 2.24) is 4.98 Å². The number of pyridine rings is 1. The Kier molecular flexibility index (Phi) is 5.33. The summed E-state index contributed by atoms with van der Waals surface area (Å²) in [6.45, 7) is 7.89. The van der Waals surface area contributed by atoms with E-state index in [1.807, 2.05) is 13.1 Å². The third kappa shape index (κ3) is 3.92. The van der Waals surface area contributed by atoms with Gasteiger partial charge in [-0.25, -0.2) is 4.98 Å². The molecule has 17 heavy (non-hydrogen) atoms. The van der Waals surface area contributed by atoms with E-state index in [1.54, 1.807) is 0 Å². The second kappa shape index (κ2) is 6.31. The van der Waals surface area contributed by atoms with Crippen LogP contribution in [0.15, 0.2) is 16.7 Å². The fraction of sp³-hybridized carbons (Fsp3) is 0.500. The fourth-order valence-electron chi connectivity index (χ4n) is 1.50. The van der Waals surface area contributed by atoms with E-state index < -0.39 is 0 Å². The van der Waals surface area contributed by atoms with Crippen molar-refractivity contribution in [2.24, 2.45) is 11.7 Å². The SMILES string of the molecule is CCN(CC(C)C(N)=S)c1cc(C)c(Br)cn1. The average molecular weight is 316 g/mol. The van der Waals surface area contributed by atoms with Gasteiger partial charge < -0.3 is 10.6 Å². The summed E-state index contributed by atoms with van der Waals surface area (Å²) < 4.78 is 1.03. The van der Waals surface area contributed by atoms with E-state index in [9.17, 15) is 0 Å². The van der Waals surface area contributed by atoms with E-state index in [1.165, 1.54) is 5.56 Å². The van der Waals surface area contributed by atoms with Crippen LogP contribution in [-0.4, -0.2) is 23.1 Å². The highest BCUT2D eigenvalue weighted by Gasteiger charge is 2.13. The van der Waals surface area contributed by atoms with Gasteiger partial charge in [-0.2, -0.15) is 0 Å². The molecule has 0 aromatic carbocycles. The summed E-state index contributed by atoms with van der Waals surface area (Å²) in [5.41, 5.74) is 6.83. The van der Waals surface area contributed by atoms with Crippen molar-refractivity contribution < 1.29 is 0 Å². The van der Waals surface area contributed by atoms with Gasteiger partial charge in [-0.05, 0) is 41.4 Å². The molecule has 0 aliphatic carbocycles. The second-order valence-corrected chi connectivity index (χ2v) is 5.46. The fourth-order valence-corrected chi connectivity index (χ4v) is 1.79. The van der Waals surface area contributed by atoms with Gasteiger partial charge in [-0.15, -0.1) is 0 Å². The number of nitrogens with zero attached hydrogens (tertiary/aromatic N) is 2. The zero-order valence-electron chi connectivity index (χ0n) is 10.4. The van der Waals surface area contributed by atoms with Gasteiger partial charge in [-0.1, -0.05) is 19.1 Å². The van der Waals surface area contributed by atoms with Gasteiger partial charge in [0.05, 0.1) is 4.99 Å². The summed E-state index contributed by atoms with van der Waals surface area (Å²) in [5.74, 6) is 1.16. The zero-order chi connectivity index (χ0) is 13.0. The zero-order valence-corrected chi connectivity index (χ0v) is 12.8. The molecule has 0 spiro atoms. The van der Waals surface area contributed by atoms with Crippen molar-refractivity contribution in [3.63, 3.8) is 0 Å². The van der Waals surface area contributed by atoms with Crippen LogP contribution >= 0.6 is 28.1 Å². The molecule has 0 saturated heterocycles. The smallest absolute Gasteiger partial charge is 0.128 e. The van der Waals surface area contributed by atoms with Gasteiger partial charge in [0, 0.05) is 29.7 Å². The molecule has 1 heterocycles. The lowest BCUT2D eigenvalue weighted by molar-refractivity contribution is 0.699. The van der Waals surface area contributed by atoms with Crippen molar-refractivity contribution in [3.05, 3.63) is 22.3 Å². The Hall–Kier alpha value is -0.680. The number of hydrogen-bond donors (Lipinski definition) is 1. The van der Waals surface area contributed by atoms with Crippen LogP contribution in [0.1, 0.15) is 19.4 Å². The minimum Gasteiger partial charge on any atom is -0.393 e. The van der Waals surface area contributed by atoms with Crippen molar-refractivity contribution in [1.29, 1.82) is 0 Å². The molecule has 0 bridgehead atoms. The van der Waals surface area contributed by atoms with Crippen molar-refractivity contribution >= 4 is 39.0 Å². The van der Waals surface area contributed by atoms with Crippen molar-refractivity contribution in [3.8, 4) is 0 Å². The molecule has 1 aromatic heterocycles. The van der Waals surface area contributed by atoms with E-state index in [-0.39, 0.29) is 5.92 Å². The molecule has 0 radical (unpaired) electrons. The molecule has 1 rings (SSSR count). The first-order chi connectivity index (χ1) is 7.95. The van der Waals surface area contributed by atoms with Crippen LogP contribution in [0.25, 0.3) is 0 Å². The Morgan fingerprint density at radius 3 is 2.76 bits per heavy atom. The molecule has 0 aliphatic rings. The van der Waals surface area contributed by atoms with E-state index in [0.29, 0.717) is 4.99 Å². The van der Waals surface area contributed by atoms with Gasteiger partial charge >= 0.3 is 0 Å². The summed E-state index contributed by atoms with van der Waals surface area (Å²) in [7, 11) is 0. The molecule has 2 N–H and O–H groups in total. The molecule has 94 valence electrons. The number of thiocarbonyl (C=S) groups is 1. The van der Waals surface area contributed by atoms with E-state index in [4.69, 9.17) is 18.0 Å². The Morgan fingerprint density at radius 2 is 2.29 bits per heavy atom. The number of anilines is 1. The Labute approximate surface area is 117 Å². The van der Waals surface area contributed by atoms with Gasteiger partial charge in [-0.3, -0.25) is 0 Å². The largest absolute Gasteiger partial charge is 0.393 e. The third-order valence-corrected chi connectivity index (χ3v) is 3.95. The van der Waals surface area contributed by atoms with Gasteiger partial charge in [0.25, 0.3) is 0 Å². The Bertz CT molecular complexity index is 409. The summed E-state index contributed by atoms with van der Waals surface area (Å²) >= 11 is 8.46. The number of rotatable bonds is 5. The van der Waals surface area contributed by atoms with Crippen LogP contribution in [0.2, 0.25) is 0 Å². The maximum absolute atomic E-state index is 5.65. The van der Waals surface area contributed by atoms with Crippen LogP contribution in [0.4, 0.5) is 5.82 Å². The molecule has 1 unspecified atom stereocenters. The molecule has 1 aromatic rings. The van der Waals surface area contributed by atoms with Crippen LogP contribution in [0.5, 0.6) is 0 Å².